The third kappa shape index (κ3) is 6.78. The van der Waals surface area contributed by atoms with E-state index in [-0.39, 0.29) is 22.8 Å². The van der Waals surface area contributed by atoms with Crippen LogP contribution in [0.25, 0.3) is 0 Å². The van der Waals surface area contributed by atoms with Crippen molar-refractivity contribution in [1.82, 2.24) is 9.79 Å². The predicted octanol–water partition coefficient (Wildman–Crippen LogP) is 4.88. The van der Waals surface area contributed by atoms with Gasteiger partial charge in [0, 0.05) is 18.7 Å². The molecule has 0 saturated heterocycles. The third-order valence-corrected chi connectivity index (χ3v) is 8.73. The zero-order valence-electron chi connectivity index (χ0n) is 22.6. The summed E-state index contributed by atoms with van der Waals surface area (Å²) < 4.78 is 75.8. The van der Waals surface area contributed by atoms with Crippen LogP contribution in [0.15, 0.2) is 71.6 Å². The number of para-hydroxylation sites is 1. The van der Waals surface area contributed by atoms with Crippen LogP contribution in [0.4, 0.5) is 18.9 Å². The number of alkyl halides is 3. The molecule has 226 valence electrons. The molecule has 0 fully saturated rings. The number of nitrogens with zero attached hydrogens (tertiary/aromatic N) is 2. The number of carbonyl (C=O) groups excluding carboxylic acids is 2. The van der Waals surface area contributed by atoms with Crippen molar-refractivity contribution in [3.63, 3.8) is 0 Å². The lowest BCUT2D eigenvalue weighted by atomic mass is 10.0. The maximum absolute atomic E-state index is 13.9. The van der Waals surface area contributed by atoms with Crippen LogP contribution in [0.3, 0.4) is 0 Å². The third-order valence-electron chi connectivity index (χ3n) is 6.55. The molecule has 0 aromatic heterocycles. The minimum Gasteiger partial charge on any atom is -0.481 e. The number of carbonyl (C=O) groups is 2. The molecule has 0 bridgehead atoms. The molecular formula is C29H25ClF3N3O6S. The highest BCUT2D eigenvalue weighted by molar-refractivity contribution is 7.89. The van der Waals surface area contributed by atoms with Gasteiger partial charge in [-0.05, 0) is 48.0 Å². The molecule has 0 aliphatic carbocycles. The zero-order valence-corrected chi connectivity index (χ0v) is 24.1. The minimum atomic E-state index is -4.95. The maximum Gasteiger partial charge on any atom is 0.417 e. The summed E-state index contributed by atoms with van der Waals surface area (Å²) in [4.78, 5) is 27.4. The van der Waals surface area contributed by atoms with Gasteiger partial charge in [0.25, 0.3) is 11.8 Å². The highest BCUT2D eigenvalue weighted by Gasteiger charge is 2.44. The second kappa shape index (κ2) is 13.0. The van der Waals surface area contributed by atoms with Crippen molar-refractivity contribution in [3.05, 3.63) is 88.4 Å². The molecule has 0 spiro atoms. The number of benzene rings is 3. The maximum atomic E-state index is 13.9. The number of fused-ring (bicyclic) bond motifs is 1. The molecule has 0 radical (unpaired) electrons. The number of halogens is 4. The van der Waals surface area contributed by atoms with Gasteiger partial charge in [-0.2, -0.15) is 17.5 Å². The second-order valence-corrected chi connectivity index (χ2v) is 11.5. The van der Waals surface area contributed by atoms with Crippen molar-refractivity contribution >= 4 is 39.1 Å². The Morgan fingerprint density at radius 3 is 2.42 bits per heavy atom. The Kier molecular flexibility index (Phi) is 9.66. The largest absolute Gasteiger partial charge is 0.481 e. The summed E-state index contributed by atoms with van der Waals surface area (Å²) in [6.07, 6.45) is -4.30. The van der Waals surface area contributed by atoms with Gasteiger partial charge in [-0.1, -0.05) is 48.7 Å². The summed E-state index contributed by atoms with van der Waals surface area (Å²) >= 11 is 6.09. The predicted molar refractivity (Wildman–Crippen MR) is 151 cm³/mol. The summed E-state index contributed by atoms with van der Waals surface area (Å²) in [7, 11) is -4.50. The van der Waals surface area contributed by atoms with E-state index < -0.39 is 63.3 Å². The average molecular weight is 636 g/mol. The van der Waals surface area contributed by atoms with Crippen molar-refractivity contribution in [2.75, 3.05) is 18.1 Å². The van der Waals surface area contributed by atoms with Gasteiger partial charge in [-0.25, -0.2) is 13.9 Å². The Labute approximate surface area is 250 Å². The number of amides is 2. The molecule has 1 unspecified atom stereocenters. The van der Waals surface area contributed by atoms with E-state index in [9.17, 15) is 36.4 Å². The van der Waals surface area contributed by atoms with Crippen LogP contribution in [-0.4, -0.2) is 48.9 Å². The summed E-state index contributed by atoms with van der Waals surface area (Å²) in [6, 6.07) is 12.3. The number of rotatable bonds is 6. The first-order valence-corrected chi connectivity index (χ1v) is 14.6. The number of anilines is 1. The zero-order chi connectivity index (χ0) is 31.4. The first-order chi connectivity index (χ1) is 20.4. The topological polar surface area (TPSA) is 116 Å². The Hall–Kier alpha value is -4.09. The van der Waals surface area contributed by atoms with Crippen LogP contribution < -0.4 is 15.1 Å². The van der Waals surface area contributed by atoms with E-state index in [1.54, 1.807) is 6.07 Å². The molecule has 1 atom stereocenters. The number of ether oxygens (including phenoxy) is 1. The lowest BCUT2D eigenvalue weighted by Gasteiger charge is -2.30. The standard InChI is InChI=1S/C29H25ClF3N3O6S/c1-2-3-6-16-42-20-12-14-21(15-13-20)43(40,41)36-17-19-8-4-5-11-24(19)35(18-25(36)27(37)34-39)28(38)26-22(29(31,32)33)9-7-10-23(26)30/h4-5,7-15,25,39H,2,16-18H2,1H3,(H,34,37). The second-order valence-electron chi connectivity index (χ2n) is 9.21. The normalized spacial score (nSPS) is 15.5. The molecule has 9 nitrogen and oxygen atoms in total. The van der Waals surface area contributed by atoms with E-state index in [2.05, 4.69) is 11.8 Å². The van der Waals surface area contributed by atoms with Crippen LogP contribution in [0.2, 0.25) is 5.02 Å². The van der Waals surface area contributed by atoms with Crippen LogP contribution in [0, 0.1) is 11.8 Å². The number of nitrogens with one attached hydrogen (secondary N) is 1. The Bertz CT molecular complexity index is 1690. The Morgan fingerprint density at radius 2 is 1.77 bits per heavy atom. The number of hydrogen-bond acceptors (Lipinski definition) is 6. The van der Waals surface area contributed by atoms with E-state index in [1.807, 2.05) is 6.92 Å². The van der Waals surface area contributed by atoms with Crippen LogP contribution in [0.1, 0.15) is 34.8 Å². The molecule has 4 rings (SSSR count). The van der Waals surface area contributed by atoms with Crippen molar-refractivity contribution < 1.29 is 41.1 Å². The van der Waals surface area contributed by atoms with E-state index >= 15 is 0 Å². The van der Waals surface area contributed by atoms with Crippen molar-refractivity contribution in [2.45, 2.75) is 37.0 Å². The Balaban J connectivity index is 1.79. The van der Waals surface area contributed by atoms with E-state index in [0.717, 1.165) is 21.3 Å². The summed E-state index contributed by atoms with van der Waals surface area (Å²) in [5, 5.41) is 9.03. The molecule has 1 aliphatic rings. The molecular weight excluding hydrogens is 611 g/mol. The molecule has 14 heteroatoms. The molecule has 3 aromatic rings. The molecule has 1 heterocycles. The lowest BCUT2D eigenvalue weighted by Crippen LogP contribution is -2.53. The molecule has 1 aliphatic heterocycles. The van der Waals surface area contributed by atoms with Gasteiger partial charge in [-0.15, -0.1) is 5.92 Å². The van der Waals surface area contributed by atoms with Crippen LogP contribution in [-0.2, 0) is 27.5 Å². The van der Waals surface area contributed by atoms with Gasteiger partial charge in [0.15, 0.2) is 0 Å². The molecule has 2 amide bonds. The van der Waals surface area contributed by atoms with E-state index in [1.165, 1.54) is 47.9 Å². The number of hydrogen-bond donors (Lipinski definition) is 2. The molecule has 0 saturated carbocycles. The summed E-state index contributed by atoms with van der Waals surface area (Å²) in [5.41, 5.74) is -0.492. The monoisotopic (exact) mass is 635 g/mol. The fraction of sp³-hybridized carbons (Fsp3) is 0.241. The molecule has 3 aromatic carbocycles. The number of sulfonamides is 1. The smallest absolute Gasteiger partial charge is 0.417 e. The fourth-order valence-electron chi connectivity index (χ4n) is 4.53. The summed E-state index contributed by atoms with van der Waals surface area (Å²) in [5.74, 6) is 3.55. The van der Waals surface area contributed by atoms with Crippen LogP contribution >= 0.6 is 11.6 Å². The Morgan fingerprint density at radius 1 is 1.07 bits per heavy atom. The van der Waals surface area contributed by atoms with Gasteiger partial charge in [0.05, 0.1) is 27.6 Å². The van der Waals surface area contributed by atoms with Gasteiger partial charge in [-0.3, -0.25) is 14.8 Å². The van der Waals surface area contributed by atoms with Gasteiger partial charge < -0.3 is 9.64 Å². The van der Waals surface area contributed by atoms with Gasteiger partial charge >= 0.3 is 6.18 Å². The van der Waals surface area contributed by atoms with E-state index in [4.69, 9.17) is 16.3 Å². The minimum absolute atomic E-state index is 0.0610. The van der Waals surface area contributed by atoms with Crippen molar-refractivity contribution in [2.24, 2.45) is 0 Å². The van der Waals surface area contributed by atoms with E-state index in [0.29, 0.717) is 18.2 Å². The molecule has 2 N–H and O–H groups in total. The molecule has 43 heavy (non-hydrogen) atoms. The van der Waals surface area contributed by atoms with Crippen molar-refractivity contribution in [3.8, 4) is 17.6 Å². The fourth-order valence-corrected chi connectivity index (χ4v) is 6.35. The van der Waals surface area contributed by atoms with Crippen molar-refractivity contribution in [1.29, 1.82) is 0 Å². The highest BCUT2D eigenvalue weighted by Crippen LogP contribution is 2.38. The first kappa shape index (κ1) is 31.8. The SMILES string of the molecule is CCC#CCOc1ccc(S(=O)(=O)N2Cc3ccccc3N(C(=O)c3c(Cl)cccc3C(F)(F)F)CC2C(=O)NO)cc1. The summed E-state index contributed by atoms with van der Waals surface area (Å²) in [6.45, 7) is 0.762. The van der Waals surface area contributed by atoms with Crippen LogP contribution in [0.5, 0.6) is 5.75 Å². The lowest BCUT2D eigenvalue weighted by molar-refractivity contribution is -0.138. The highest BCUT2D eigenvalue weighted by atomic mass is 35.5. The first-order valence-electron chi connectivity index (χ1n) is 12.8. The van der Waals surface area contributed by atoms with Gasteiger partial charge in [0.2, 0.25) is 10.0 Å². The van der Waals surface area contributed by atoms with Gasteiger partial charge in [0.1, 0.15) is 18.4 Å². The average Bonchev–Trinajstić information content (AvgIpc) is 3.16. The quantitative estimate of drug-likeness (QED) is 0.227. The number of hydroxylamine groups is 1.